The molecule has 0 spiro atoms. The molecule has 7 heteroatoms. The summed E-state index contributed by atoms with van der Waals surface area (Å²) in [4.78, 5) is 16.3. The third-order valence-electron chi connectivity index (χ3n) is 4.14. The van der Waals surface area contributed by atoms with Crippen molar-refractivity contribution >= 4 is 6.03 Å². The van der Waals surface area contributed by atoms with Crippen LogP contribution in [0.5, 0.6) is 0 Å². The van der Waals surface area contributed by atoms with Crippen LogP contribution in [0.1, 0.15) is 26.3 Å². The Morgan fingerprint density at radius 3 is 2.70 bits per heavy atom. The molecule has 2 amide bonds. The Balaban J connectivity index is 1.76. The molecule has 0 bridgehead atoms. The fraction of sp³-hybridized carbons (Fsp3) is 0.750. The molecule has 0 saturated carbocycles. The molecule has 1 aromatic rings. The average Bonchev–Trinajstić information content (AvgIpc) is 2.88. The molecule has 1 N–H and O–H groups in total. The summed E-state index contributed by atoms with van der Waals surface area (Å²) in [5, 5.41) is 7.13. The van der Waals surface area contributed by atoms with Crippen molar-refractivity contribution in [2.75, 3.05) is 26.7 Å². The van der Waals surface area contributed by atoms with E-state index in [-0.39, 0.29) is 18.2 Å². The van der Waals surface area contributed by atoms with Gasteiger partial charge in [0.05, 0.1) is 24.9 Å². The van der Waals surface area contributed by atoms with Gasteiger partial charge in [0, 0.05) is 51.5 Å². The van der Waals surface area contributed by atoms with Gasteiger partial charge in [0.2, 0.25) is 0 Å². The zero-order chi connectivity index (χ0) is 17.0. The summed E-state index contributed by atoms with van der Waals surface area (Å²) in [6.07, 6.45) is 4.18. The van der Waals surface area contributed by atoms with Crippen molar-refractivity contribution in [1.82, 2.24) is 24.9 Å². The Hall–Kier alpha value is -1.60. The average molecular weight is 323 g/mol. The maximum atomic E-state index is 12.2. The van der Waals surface area contributed by atoms with Gasteiger partial charge in [-0.15, -0.1) is 0 Å². The number of nitrogens with one attached hydrogen (secondary N) is 1. The number of carbonyl (C=O) groups is 1. The fourth-order valence-electron chi connectivity index (χ4n) is 2.98. The molecule has 0 aliphatic carbocycles. The number of morpholine rings is 1. The highest BCUT2D eigenvalue weighted by molar-refractivity contribution is 5.73. The van der Waals surface area contributed by atoms with Crippen molar-refractivity contribution in [3.63, 3.8) is 0 Å². The molecule has 0 radical (unpaired) electrons. The first-order valence-corrected chi connectivity index (χ1v) is 8.21. The van der Waals surface area contributed by atoms with Crippen molar-refractivity contribution in [2.45, 2.75) is 45.6 Å². The van der Waals surface area contributed by atoms with Crippen molar-refractivity contribution in [3.05, 3.63) is 18.0 Å². The molecule has 1 aliphatic heterocycles. The van der Waals surface area contributed by atoms with Gasteiger partial charge in [-0.3, -0.25) is 9.58 Å². The molecule has 1 saturated heterocycles. The lowest BCUT2D eigenvalue weighted by atomic mass is 10.2. The molecule has 0 unspecified atom stereocenters. The van der Waals surface area contributed by atoms with Gasteiger partial charge in [-0.25, -0.2) is 4.79 Å². The van der Waals surface area contributed by atoms with E-state index in [1.807, 2.05) is 13.2 Å². The predicted molar refractivity (Wildman–Crippen MR) is 89.1 cm³/mol. The monoisotopic (exact) mass is 323 g/mol. The van der Waals surface area contributed by atoms with Gasteiger partial charge in [0.1, 0.15) is 0 Å². The van der Waals surface area contributed by atoms with E-state index in [4.69, 9.17) is 4.74 Å². The number of urea groups is 1. The Labute approximate surface area is 138 Å². The Morgan fingerprint density at radius 1 is 1.48 bits per heavy atom. The van der Waals surface area contributed by atoms with Crippen molar-refractivity contribution in [1.29, 1.82) is 0 Å². The number of ether oxygens (including phenoxy) is 1. The first-order valence-electron chi connectivity index (χ1n) is 8.21. The topological polar surface area (TPSA) is 62.6 Å². The summed E-state index contributed by atoms with van der Waals surface area (Å²) in [6.45, 7) is 9.34. The van der Waals surface area contributed by atoms with Gasteiger partial charge < -0.3 is 15.0 Å². The SMILES string of the molecule is C[C@@H]1CN([C@@H](C)CNC(=O)N(C)Cc2cnn(C)c2)C[C@H](C)O1. The third kappa shape index (κ3) is 5.21. The second-order valence-corrected chi connectivity index (χ2v) is 6.62. The van der Waals surface area contributed by atoms with Crippen LogP contribution in [0.15, 0.2) is 12.4 Å². The Bertz CT molecular complexity index is 508. The number of hydrogen-bond donors (Lipinski definition) is 1. The summed E-state index contributed by atoms with van der Waals surface area (Å²) < 4.78 is 7.49. The highest BCUT2D eigenvalue weighted by atomic mass is 16.5. The van der Waals surface area contributed by atoms with Gasteiger partial charge in [-0.05, 0) is 20.8 Å². The number of hydrogen-bond acceptors (Lipinski definition) is 4. The standard InChI is InChI=1S/C16H29N5O2/c1-12(21-8-13(2)23-14(3)9-21)6-17-16(22)19(4)10-15-7-18-20(5)11-15/h7,11-14H,6,8-10H2,1-5H3,(H,17,22)/t12-,13-,14+/m0/s1. The number of aromatic nitrogens is 2. The van der Waals surface area contributed by atoms with Crippen LogP contribution in [-0.2, 0) is 18.3 Å². The second kappa shape index (κ2) is 7.79. The number of aryl methyl sites for hydroxylation is 1. The van der Waals surface area contributed by atoms with Crippen LogP contribution in [0.25, 0.3) is 0 Å². The second-order valence-electron chi connectivity index (χ2n) is 6.62. The molecule has 0 aromatic carbocycles. The fourth-order valence-corrected chi connectivity index (χ4v) is 2.98. The van der Waals surface area contributed by atoms with Gasteiger partial charge in [0.25, 0.3) is 0 Å². The number of carbonyl (C=O) groups excluding carboxylic acids is 1. The first-order chi connectivity index (χ1) is 10.8. The highest BCUT2D eigenvalue weighted by Gasteiger charge is 2.26. The molecular formula is C16H29N5O2. The minimum atomic E-state index is -0.0601. The van der Waals surface area contributed by atoms with E-state index in [1.54, 1.807) is 22.8 Å². The maximum absolute atomic E-state index is 12.2. The van der Waals surface area contributed by atoms with Crippen LogP contribution < -0.4 is 5.32 Å². The molecule has 1 aliphatic rings. The van der Waals surface area contributed by atoms with E-state index in [2.05, 4.69) is 36.1 Å². The minimum absolute atomic E-state index is 0.0601. The lowest BCUT2D eigenvalue weighted by molar-refractivity contribution is -0.0778. The van der Waals surface area contributed by atoms with Crippen molar-refractivity contribution in [2.24, 2.45) is 7.05 Å². The zero-order valence-electron chi connectivity index (χ0n) is 14.8. The van der Waals surface area contributed by atoms with Crippen LogP contribution in [-0.4, -0.2) is 70.5 Å². The molecule has 3 atom stereocenters. The zero-order valence-corrected chi connectivity index (χ0v) is 14.8. The largest absolute Gasteiger partial charge is 0.373 e. The lowest BCUT2D eigenvalue weighted by Crippen LogP contribution is -2.53. The van der Waals surface area contributed by atoms with Gasteiger partial charge >= 0.3 is 6.03 Å². The normalized spacial score (nSPS) is 23.5. The molecule has 7 nitrogen and oxygen atoms in total. The maximum Gasteiger partial charge on any atom is 0.317 e. The minimum Gasteiger partial charge on any atom is -0.373 e. The smallest absolute Gasteiger partial charge is 0.317 e. The quantitative estimate of drug-likeness (QED) is 0.880. The van der Waals surface area contributed by atoms with Gasteiger partial charge in [0.15, 0.2) is 0 Å². The summed E-state index contributed by atoms with van der Waals surface area (Å²) in [7, 11) is 3.67. The van der Waals surface area contributed by atoms with E-state index in [1.165, 1.54) is 0 Å². The van der Waals surface area contributed by atoms with E-state index in [0.29, 0.717) is 19.1 Å². The van der Waals surface area contributed by atoms with Crippen LogP contribution in [0.2, 0.25) is 0 Å². The summed E-state index contributed by atoms with van der Waals surface area (Å²) in [5.74, 6) is 0. The van der Waals surface area contributed by atoms with Gasteiger partial charge in [-0.2, -0.15) is 5.10 Å². The lowest BCUT2D eigenvalue weighted by Gasteiger charge is -2.39. The first kappa shape index (κ1) is 17.7. The highest BCUT2D eigenvalue weighted by Crippen LogP contribution is 2.13. The molecule has 2 heterocycles. The summed E-state index contributed by atoms with van der Waals surface area (Å²) in [6, 6.07) is 0.231. The van der Waals surface area contributed by atoms with Crippen LogP contribution in [0.4, 0.5) is 4.79 Å². The van der Waals surface area contributed by atoms with Crippen molar-refractivity contribution < 1.29 is 9.53 Å². The van der Waals surface area contributed by atoms with E-state index < -0.39 is 0 Å². The number of nitrogens with zero attached hydrogens (tertiary/aromatic N) is 4. The summed E-state index contributed by atoms with van der Waals surface area (Å²) >= 11 is 0. The molecule has 1 aromatic heterocycles. The van der Waals surface area contributed by atoms with E-state index in [9.17, 15) is 4.79 Å². The van der Waals surface area contributed by atoms with Gasteiger partial charge in [-0.1, -0.05) is 0 Å². The molecule has 130 valence electrons. The van der Waals surface area contributed by atoms with Crippen LogP contribution in [0.3, 0.4) is 0 Å². The molecular weight excluding hydrogens is 294 g/mol. The predicted octanol–water partition coefficient (Wildman–Crippen LogP) is 1.06. The summed E-state index contributed by atoms with van der Waals surface area (Å²) in [5.41, 5.74) is 1.02. The number of amides is 2. The Morgan fingerprint density at radius 2 is 2.13 bits per heavy atom. The van der Waals surface area contributed by atoms with Crippen molar-refractivity contribution in [3.8, 4) is 0 Å². The molecule has 2 rings (SSSR count). The molecule has 1 fully saturated rings. The molecule has 23 heavy (non-hydrogen) atoms. The van der Waals surface area contributed by atoms with Crippen LogP contribution in [0, 0.1) is 0 Å². The third-order valence-corrected chi connectivity index (χ3v) is 4.14. The van der Waals surface area contributed by atoms with E-state index >= 15 is 0 Å². The Kier molecular flexibility index (Phi) is 6.01. The van der Waals surface area contributed by atoms with E-state index in [0.717, 1.165) is 18.7 Å². The van der Waals surface area contributed by atoms with Crippen LogP contribution >= 0.6 is 0 Å². The number of rotatable bonds is 5.